The molecule has 1 aliphatic heterocycles. The number of benzene rings is 2. The first kappa shape index (κ1) is 17.8. The van der Waals surface area contributed by atoms with Crippen LogP contribution >= 0.6 is 23.2 Å². The second kappa shape index (κ2) is 7.93. The fourth-order valence-corrected chi connectivity index (χ4v) is 3.13. The van der Waals surface area contributed by atoms with E-state index < -0.39 is 5.82 Å². The smallest absolute Gasteiger partial charge is 0.260 e. The molecule has 0 bridgehead atoms. The molecule has 0 radical (unpaired) electrons. The van der Waals surface area contributed by atoms with Crippen LogP contribution in [0.15, 0.2) is 42.5 Å². The van der Waals surface area contributed by atoms with Gasteiger partial charge in [-0.25, -0.2) is 4.39 Å². The average molecular weight is 383 g/mol. The van der Waals surface area contributed by atoms with Crippen LogP contribution in [0, 0.1) is 5.82 Å². The van der Waals surface area contributed by atoms with Crippen molar-refractivity contribution < 1.29 is 13.9 Å². The molecule has 0 spiro atoms. The van der Waals surface area contributed by atoms with Crippen LogP contribution in [0.4, 0.5) is 10.1 Å². The van der Waals surface area contributed by atoms with Crippen LogP contribution in [0.5, 0.6) is 5.75 Å². The second-order valence-electron chi connectivity index (χ2n) is 5.68. The lowest BCUT2D eigenvalue weighted by atomic mass is 10.2. The van der Waals surface area contributed by atoms with Crippen LogP contribution in [0.1, 0.15) is 0 Å². The molecule has 1 amide bonds. The molecule has 25 heavy (non-hydrogen) atoms. The minimum absolute atomic E-state index is 0.0293. The minimum atomic E-state index is -0.518. The number of carbonyl (C=O) groups is 1. The molecule has 2 aromatic carbocycles. The molecule has 2 aromatic rings. The van der Waals surface area contributed by atoms with Gasteiger partial charge >= 0.3 is 0 Å². The van der Waals surface area contributed by atoms with E-state index in [9.17, 15) is 9.18 Å². The van der Waals surface area contributed by atoms with Crippen molar-refractivity contribution in [1.29, 1.82) is 0 Å². The predicted molar refractivity (Wildman–Crippen MR) is 97.2 cm³/mol. The van der Waals surface area contributed by atoms with Gasteiger partial charge in [0.05, 0.1) is 15.7 Å². The average Bonchev–Trinajstić information content (AvgIpc) is 2.63. The van der Waals surface area contributed by atoms with Gasteiger partial charge in [-0.3, -0.25) is 4.79 Å². The number of carbonyl (C=O) groups excluding carboxylic acids is 1. The molecule has 3 rings (SSSR count). The predicted octanol–water partition coefficient (Wildman–Crippen LogP) is 3.86. The molecule has 0 atom stereocenters. The minimum Gasteiger partial charge on any atom is -0.484 e. The number of nitrogens with zero attached hydrogens (tertiary/aromatic N) is 2. The lowest BCUT2D eigenvalue weighted by Crippen LogP contribution is -2.50. The van der Waals surface area contributed by atoms with Crippen molar-refractivity contribution in [3.8, 4) is 5.75 Å². The molecule has 1 aliphatic rings. The molecule has 1 heterocycles. The molecule has 132 valence electrons. The van der Waals surface area contributed by atoms with Gasteiger partial charge in [-0.05, 0) is 24.3 Å². The maximum Gasteiger partial charge on any atom is 0.260 e. The summed E-state index contributed by atoms with van der Waals surface area (Å²) in [5.41, 5.74) is 0.980. The lowest BCUT2D eigenvalue weighted by molar-refractivity contribution is -0.133. The summed E-state index contributed by atoms with van der Waals surface area (Å²) in [6, 6.07) is 11.7. The van der Waals surface area contributed by atoms with Gasteiger partial charge in [-0.2, -0.15) is 0 Å². The number of anilines is 1. The van der Waals surface area contributed by atoms with Gasteiger partial charge in [0.15, 0.2) is 6.61 Å². The van der Waals surface area contributed by atoms with Crippen LogP contribution in [0.2, 0.25) is 10.0 Å². The standard InChI is InChI=1S/C18H17Cl2FN2O2/c19-14-3-1-2-4-17(14)22-7-9-23(10-8-22)18(24)12-25-13-5-6-16(21)15(20)11-13/h1-6,11H,7-10,12H2. The van der Waals surface area contributed by atoms with E-state index in [1.54, 1.807) is 4.90 Å². The van der Waals surface area contributed by atoms with Gasteiger partial charge in [-0.1, -0.05) is 35.3 Å². The van der Waals surface area contributed by atoms with E-state index in [2.05, 4.69) is 4.90 Å². The first-order valence-corrected chi connectivity index (χ1v) is 8.65. The quantitative estimate of drug-likeness (QED) is 0.804. The van der Waals surface area contributed by atoms with E-state index in [1.807, 2.05) is 24.3 Å². The highest BCUT2D eigenvalue weighted by atomic mass is 35.5. The molecular formula is C18H17Cl2FN2O2. The normalized spacial score (nSPS) is 14.5. The van der Waals surface area contributed by atoms with E-state index in [4.69, 9.17) is 27.9 Å². The molecular weight excluding hydrogens is 366 g/mol. The Morgan fingerprint density at radius 3 is 2.44 bits per heavy atom. The zero-order valence-corrected chi connectivity index (χ0v) is 14.9. The Kier molecular flexibility index (Phi) is 5.66. The van der Waals surface area contributed by atoms with Crippen molar-refractivity contribution in [2.24, 2.45) is 0 Å². The van der Waals surface area contributed by atoms with Crippen LogP contribution in [-0.2, 0) is 4.79 Å². The molecule has 0 aliphatic carbocycles. The molecule has 0 unspecified atom stereocenters. The van der Waals surface area contributed by atoms with Gasteiger partial charge in [-0.15, -0.1) is 0 Å². The third-order valence-electron chi connectivity index (χ3n) is 4.08. The summed E-state index contributed by atoms with van der Waals surface area (Å²) in [5, 5.41) is 0.678. The highest BCUT2D eigenvalue weighted by Gasteiger charge is 2.22. The fraction of sp³-hybridized carbons (Fsp3) is 0.278. The Balaban J connectivity index is 1.51. The second-order valence-corrected chi connectivity index (χ2v) is 6.50. The van der Waals surface area contributed by atoms with Crippen LogP contribution in [0.25, 0.3) is 0 Å². The number of halogens is 3. The van der Waals surface area contributed by atoms with Crippen molar-refractivity contribution in [2.45, 2.75) is 0 Å². The largest absolute Gasteiger partial charge is 0.484 e. The topological polar surface area (TPSA) is 32.8 Å². The van der Waals surface area contributed by atoms with E-state index >= 15 is 0 Å². The first-order valence-electron chi connectivity index (χ1n) is 7.89. The summed E-state index contributed by atoms with van der Waals surface area (Å²) < 4.78 is 18.5. The Labute approximate surface area is 155 Å². The van der Waals surface area contributed by atoms with E-state index in [0.717, 1.165) is 5.69 Å². The summed E-state index contributed by atoms with van der Waals surface area (Å²) in [5.74, 6) is -0.259. The van der Waals surface area contributed by atoms with E-state index in [0.29, 0.717) is 37.0 Å². The molecule has 0 aromatic heterocycles. The summed E-state index contributed by atoms with van der Waals surface area (Å²) in [6.45, 7) is 2.50. The first-order chi connectivity index (χ1) is 12.0. The molecule has 4 nitrogen and oxygen atoms in total. The number of piperazine rings is 1. The number of hydrogen-bond acceptors (Lipinski definition) is 3. The SMILES string of the molecule is O=C(COc1ccc(F)c(Cl)c1)N1CCN(c2ccccc2Cl)CC1. The number of para-hydroxylation sites is 1. The van der Waals surface area contributed by atoms with Crippen molar-refractivity contribution in [3.63, 3.8) is 0 Å². The highest BCUT2D eigenvalue weighted by Crippen LogP contribution is 2.26. The summed E-state index contributed by atoms with van der Waals surface area (Å²) in [4.78, 5) is 16.2. The van der Waals surface area contributed by atoms with Gasteiger partial charge in [0.2, 0.25) is 0 Å². The molecule has 0 N–H and O–H groups in total. The molecule has 0 saturated carbocycles. The Morgan fingerprint density at radius 2 is 1.76 bits per heavy atom. The van der Waals surface area contributed by atoms with Gasteiger partial charge < -0.3 is 14.5 Å². The molecule has 7 heteroatoms. The highest BCUT2D eigenvalue weighted by molar-refractivity contribution is 6.33. The summed E-state index contributed by atoms with van der Waals surface area (Å²) in [7, 11) is 0. The monoisotopic (exact) mass is 382 g/mol. The maximum atomic E-state index is 13.1. The Bertz CT molecular complexity index is 764. The molecule has 1 saturated heterocycles. The number of amides is 1. The van der Waals surface area contributed by atoms with Crippen molar-refractivity contribution >= 4 is 34.8 Å². The maximum absolute atomic E-state index is 13.1. The van der Waals surface area contributed by atoms with Crippen LogP contribution in [-0.4, -0.2) is 43.6 Å². The van der Waals surface area contributed by atoms with Crippen molar-refractivity contribution in [1.82, 2.24) is 4.90 Å². The number of hydrogen-bond donors (Lipinski definition) is 0. The van der Waals surface area contributed by atoms with Crippen LogP contribution < -0.4 is 9.64 Å². The van der Waals surface area contributed by atoms with Crippen molar-refractivity contribution in [3.05, 3.63) is 58.3 Å². The Morgan fingerprint density at radius 1 is 1.04 bits per heavy atom. The van der Waals surface area contributed by atoms with Crippen LogP contribution in [0.3, 0.4) is 0 Å². The lowest BCUT2D eigenvalue weighted by Gasteiger charge is -2.36. The summed E-state index contributed by atoms with van der Waals surface area (Å²) in [6.07, 6.45) is 0. The molecule has 1 fully saturated rings. The fourth-order valence-electron chi connectivity index (χ4n) is 2.71. The number of ether oxygens (including phenoxy) is 1. The zero-order chi connectivity index (χ0) is 17.8. The zero-order valence-electron chi connectivity index (χ0n) is 13.4. The summed E-state index contributed by atoms with van der Waals surface area (Å²) >= 11 is 11.9. The van der Waals surface area contributed by atoms with Gasteiger partial charge in [0, 0.05) is 32.2 Å². The van der Waals surface area contributed by atoms with Crippen molar-refractivity contribution in [2.75, 3.05) is 37.7 Å². The number of rotatable bonds is 4. The van der Waals surface area contributed by atoms with E-state index in [1.165, 1.54) is 18.2 Å². The van der Waals surface area contributed by atoms with E-state index in [-0.39, 0.29) is 17.5 Å². The third kappa shape index (κ3) is 4.35. The Hall–Kier alpha value is -1.98. The van der Waals surface area contributed by atoms with Gasteiger partial charge in [0.1, 0.15) is 11.6 Å². The van der Waals surface area contributed by atoms with Gasteiger partial charge in [0.25, 0.3) is 5.91 Å². The third-order valence-corrected chi connectivity index (χ3v) is 4.69.